The summed E-state index contributed by atoms with van der Waals surface area (Å²) in [6.07, 6.45) is 1.09. The van der Waals surface area contributed by atoms with Crippen LogP contribution in [0.3, 0.4) is 0 Å². The third-order valence-corrected chi connectivity index (χ3v) is 8.94. The summed E-state index contributed by atoms with van der Waals surface area (Å²) in [7, 11) is -2.53. The molecule has 0 saturated carbocycles. The molecular weight excluding hydrogens is 594 g/mol. The molecule has 3 aromatic carbocycles. The molecule has 2 atom stereocenters. The van der Waals surface area contributed by atoms with Crippen LogP contribution in [0.15, 0.2) is 88.2 Å². The molecule has 0 spiro atoms. The Morgan fingerprint density at radius 1 is 0.925 bits per heavy atom. The first-order valence-corrected chi connectivity index (χ1v) is 15.4. The number of nitrogens with zero attached hydrogens (tertiary/aromatic N) is 2. The topological polar surface area (TPSA) is 96.0 Å². The summed E-state index contributed by atoms with van der Waals surface area (Å²) in [5, 5.41) is 2.98. The van der Waals surface area contributed by atoms with Crippen LogP contribution >= 0.6 is 15.9 Å². The summed E-state index contributed by atoms with van der Waals surface area (Å²) in [6.45, 7) is 5.35. The van der Waals surface area contributed by atoms with Gasteiger partial charge in [-0.1, -0.05) is 60.1 Å². The Labute approximate surface area is 245 Å². The van der Waals surface area contributed by atoms with Gasteiger partial charge in [0.1, 0.15) is 18.3 Å². The second-order valence-corrected chi connectivity index (χ2v) is 12.2. The summed E-state index contributed by atoms with van der Waals surface area (Å²) < 4.78 is 34.7. The van der Waals surface area contributed by atoms with Crippen LogP contribution in [0.25, 0.3) is 0 Å². The molecule has 0 aromatic heterocycles. The van der Waals surface area contributed by atoms with Crippen molar-refractivity contribution in [2.24, 2.45) is 0 Å². The van der Waals surface area contributed by atoms with E-state index < -0.39 is 28.5 Å². The van der Waals surface area contributed by atoms with Gasteiger partial charge in [-0.15, -0.1) is 0 Å². The first-order chi connectivity index (χ1) is 19.1. The molecule has 0 aliphatic heterocycles. The molecule has 3 rings (SSSR count). The summed E-state index contributed by atoms with van der Waals surface area (Å²) in [5.74, 6) is -0.109. The monoisotopic (exact) mass is 629 g/mol. The Morgan fingerprint density at radius 2 is 1.55 bits per heavy atom. The number of ether oxygens (including phenoxy) is 1. The van der Waals surface area contributed by atoms with Crippen LogP contribution in [-0.2, 0) is 26.2 Å². The van der Waals surface area contributed by atoms with Crippen molar-refractivity contribution in [3.63, 3.8) is 0 Å². The fraction of sp³-hybridized carbons (Fsp3) is 0.333. The molecule has 0 heterocycles. The number of hydrogen-bond acceptors (Lipinski definition) is 5. The minimum Gasteiger partial charge on any atom is -0.497 e. The molecule has 40 heavy (non-hydrogen) atoms. The fourth-order valence-electron chi connectivity index (χ4n) is 4.14. The van der Waals surface area contributed by atoms with Crippen molar-refractivity contribution >= 4 is 43.5 Å². The predicted molar refractivity (Wildman–Crippen MR) is 161 cm³/mol. The van der Waals surface area contributed by atoms with Crippen molar-refractivity contribution in [1.29, 1.82) is 0 Å². The van der Waals surface area contributed by atoms with Crippen molar-refractivity contribution in [2.75, 3.05) is 18.0 Å². The smallest absolute Gasteiger partial charge is 0.264 e. The maximum Gasteiger partial charge on any atom is 0.264 e. The second kappa shape index (κ2) is 14.3. The zero-order valence-electron chi connectivity index (χ0n) is 23.2. The van der Waals surface area contributed by atoms with Crippen LogP contribution in [0.4, 0.5) is 5.69 Å². The van der Waals surface area contributed by atoms with Gasteiger partial charge in [-0.05, 0) is 73.9 Å². The van der Waals surface area contributed by atoms with Crippen LogP contribution in [0, 0.1) is 0 Å². The van der Waals surface area contributed by atoms with Crippen molar-refractivity contribution < 1.29 is 22.7 Å². The fourth-order valence-corrected chi connectivity index (χ4v) is 5.84. The van der Waals surface area contributed by atoms with Crippen LogP contribution < -0.4 is 14.4 Å². The number of nitrogens with one attached hydrogen (secondary N) is 1. The number of anilines is 1. The van der Waals surface area contributed by atoms with Gasteiger partial charge < -0.3 is 15.0 Å². The van der Waals surface area contributed by atoms with Crippen molar-refractivity contribution in [3.8, 4) is 5.75 Å². The lowest BCUT2D eigenvalue weighted by Gasteiger charge is -2.33. The van der Waals surface area contributed by atoms with Gasteiger partial charge in [-0.3, -0.25) is 13.9 Å². The number of amides is 2. The zero-order valence-corrected chi connectivity index (χ0v) is 25.6. The Bertz CT molecular complexity index is 1370. The van der Waals surface area contributed by atoms with Gasteiger partial charge in [0.25, 0.3) is 10.0 Å². The van der Waals surface area contributed by atoms with E-state index in [2.05, 4.69) is 21.2 Å². The number of benzene rings is 3. The lowest BCUT2D eigenvalue weighted by molar-refractivity contribution is -0.140. The molecule has 0 saturated heterocycles. The Morgan fingerprint density at radius 3 is 2.10 bits per heavy atom. The summed E-state index contributed by atoms with van der Waals surface area (Å²) in [4.78, 5) is 28.9. The van der Waals surface area contributed by atoms with E-state index in [1.54, 1.807) is 61.7 Å². The lowest BCUT2D eigenvalue weighted by Crippen LogP contribution is -2.53. The lowest BCUT2D eigenvalue weighted by atomic mass is 10.1. The normalized spacial score (nSPS) is 12.7. The van der Waals surface area contributed by atoms with E-state index in [-0.39, 0.29) is 23.4 Å². The van der Waals surface area contributed by atoms with Gasteiger partial charge in [0.05, 0.1) is 17.7 Å². The Balaban J connectivity index is 2.03. The minimum atomic E-state index is -4.10. The average Bonchev–Trinajstić information content (AvgIpc) is 2.96. The molecule has 3 aromatic rings. The first-order valence-electron chi connectivity index (χ1n) is 13.2. The highest BCUT2D eigenvalue weighted by Gasteiger charge is 2.34. The van der Waals surface area contributed by atoms with Gasteiger partial charge >= 0.3 is 0 Å². The van der Waals surface area contributed by atoms with Crippen molar-refractivity contribution in [1.82, 2.24) is 10.2 Å². The van der Waals surface area contributed by atoms with Crippen LogP contribution in [0.1, 0.15) is 39.2 Å². The second-order valence-electron chi connectivity index (χ2n) is 9.41. The Kier molecular flexibility index (Phi) is 11.2. The van der Waals surface area contributed by atoms with Crippen LogP contribution in [0.5, 0.6) is 5.75 Å². The minimum absolute atomic E-state index is 0.0639. The molecule has 10 heteroatoms. The molecule has 0 fully saturated rings. The van der Waals surface area contributed by atoms with Gasteiger partial charge in [0.2, 0.25) is 11.8 Å². The highest BCUT2D eigenvalue weighted by molar-refractivity contribution is 9.10. The molecule has 8 nitrogen and oxygen atoms in total. The molecule has 214 valence electrons. The molecule has 0 aliphatic rings. The summed E-state index contributed by atoms with van der Waals surface area (Å²) in [5.41, 5.74) is 1.12. The quantitative estimate of drug-likeness (QED) is 0.274. The third-order valence-electron chi connectivity index (χ3n) is 6.62. The number of rotatable bonds is 13. The maximum absolute atomic E-state index is 14.1. The van der Waals surface area contributed by atoms with E-state index in [1.165, 1.54) is 17.0 Å². The molecular formula is C30H36BrN3O5S. The standard InChI is InChI=1S/C30H36BrN3O5S/c1-5-22(3)32-30(36)28(6-2)33(20-23-12-18-26(39-4)19-13-23)29(35)21-34(25-16-14-24(31)15-17-25)40(37,38)27-10-8-7-9-11-27/h7-19,22,28H,5-6,20-21H2,1-4H3,(H,32,36)/t22-,28+/m0/s1. The van der Waals surface area contributed by atoms with Crippen molar-refractivity contribution in [3.05, 3.63) is 88.9 Å². The largest absolute Gasteiger partial charge is 0.497 e. The van der Waals surface area contributed by atoms with E-state index in [9.17, 15) is 18.0 Å². The van der Waals surface area contributed by atoms with Crippen LogP contribution in [0.2, 0.25) is 0 Å². The molecule has 0 aliphatic carbocycles. The number of methoxy groups -OCH3 is 1. The molecule has 0 radical (unpaired) electrons. The maximum atomic E-state index is 14.1. The van der Waals surface area contributed by atoms with Gasteiger partial charge in [0, 0.05) is 17.1 Å². The van der Waals surface area contributed by atoms with E-state index in [0.717, 1.165) is 20.8 Å². The highest BCUT2D eigenvalue weighted by Crippen LogP contribution is 2.26. The van der Waals surface area contributed by atoms with E-state index in [0.29, 0.717) is 17.9 Å². The van der Waals surface area contributed by atoms with E-state index in [1.807, 2.05) is 32.9 Å². The average molecular weight is 631 g/mol. The van der Waals surface area contributed by atoms with E-state index in [4.69, 9.17) is 4.74 Å². The highest BCUT2D eigenvalue weighted by atomic mass is 79.9. The Hall–Kier alpha value is -3.37. The molecule has 1 N–H and O–H groups in total. The predicted octanol–water partition coefficient (Wildman–Crippen LogP) is 5.38. The molecule has 0 bridgehead atoms. The number of hydrogen-bond donors (Lipinski definition) is 1. The number of halogens is 1. The number of sulfonamides is 1. The number of carbonyl (C=O) groups excluding carboxylic acids is 2. The molecule has 0 unspecified atom stereocenters. The van der Waals surface area contributed by atoms with Gasteiger partial charge in [-0.2, -0.15) is 0 Å². The van der Waals surface area contributed by atoms with Crippen molar-refractivity contribution in [2.45, 2.75) is 57.1 Å². The summed E-state index contributed by atoms with van der Waals surface area (Å²) in [6, 6.07) is 21.1. The SMILES string of the molecule is CC[C@H](C(=O)N[C@@H](C)CC)N(Cc1ccc(OC)cc1)C(=O)CN(c1ccc(Br)cc1)S(=O)(=O)c1ccccc1. The van der Waals surface area contributed by atoms with Crippen LogP contribution in [-0.4, -0.2) is 50.9 Å². The third kappa shape index (κ3) is 7.85. The molecule has 2 amide bonds. The van der Waals surface area contributed by atoms with E-state index >= 15 is 0 Å². The van der Waals surface area contributed by atoms with Gasteiger partial charge in [0.15, 0.2) is 0 Å². The summed E-state index contributed by atoms with van der Waals surface area (Å²) >= 11 is 3.38. The zero-order chi connectivity index (χ0) is 29.3. The van der Waals surface area contributed by atoms with Gasteiger partial charge in [-0.25, -0.2) is 8.42 Å². The number of carbonyl (C=O) groups is 2. The first kappa shape index (κ1) is 31.2.